The molecule has 0 atom stereocenters. The first-order chi connectivity index (χ1) is 15.8. The number of hydrogen-bond acceptors (Lipinski definition) is 6. The molecule has 1 fully saturated rings. The molecule has 176 valence electrons. The summed E-state index contributed by atoms with van der Waals surface area (Å²) in [6.07, 6.45) is 10.2. The van der Waals surface area contributed by atoms with Gasteiger partial charge < -0.3 is 10.6 Å². The number of benzene rings is 1. The molecule has 1 amide bonds. The Kier molecular flexibility index (Phi) is 6.83. The van der Waals surface area contributed by atoms with E-state index in [2.05, 4.69) is 25.4 Å². The van der Waals surface area contributed by atoms with E-state index in [1.54, 1.807) is 30.6 Å². The molecule has 0 spiro atoms. The fourth-order valence-corrected chi connectivity index (χ4v) is 4.83. The summed E-state index contributed by atoms with van der Waals surface area (Å²) in [5, 5.41) is 11.8. The minimum atomic E-state index is -3.37. The molecule has 2 heterocycles. The standard InChI is InChI=1S/C23H30N6O3S/c1-3-29-22-19(15-26-29)21(27-17-9-5-4-6-10-17)20(14-24-22)23(30)25-13-16-8-7-11-18(12-16)28-33(2,31)32/h7-8,11-12,14-15,17,28H,3-6,9-10,13H2,1-2H3,(H,24,27)(H,25,30). The van der Waals surface area contributed by atoms with E-state index in [9.17, 15) is 13.2 Å². The van der Waals surface area contributed by atoms with Crippen molar-refractivity contribution >= 4 is 38.3 Å². The van der Waals surface area contributed by atoms with Gasteiger partial charge in [0.15, 0.2) is 5.65 Å². The van der Waals surface area contributed by atoms with Crippen LogP contribution in [0, 0.1) is 0 Å². The number of anilines is 2. The van der Waals surface area contributed by atoms with Gasteiger partial charge in [-0.05, 0) is 37.5 Å². The van der Waals surface area contributed by atoms with Gasteiger partial charge in [0, 0.05) is 31.0 Å². The van der Waals surface area contributed by atoms with E-state index in [4.69, 9.17) is 0 Å². The molecule has 0 bridgehead atoms. The normalized spacial score (nSPS) is 14.8. The van der Waals surface area contributed by atoms with Gasteiger partial charge in [0.1, 0.15) is 0 Å². The Morgan fingerprint density at radius 3 is 2.70 bits per heavy atom. The van der Waals surface area contributed by atoms with E-state index in [1.807, 2.05) is 17.7 Å². The fourth-order valence-electron chi connectivity index (χ4n) is 4.27. The Balaban J connectivity index is 1.57. The molecule has 2 aromatic heterocycles. The minimum absolute atomic E-state index is 0.242. The van der Waals surface area contributed by atoms with Crippen molar-refractivity contribution in [2.75, 3.05) is 16.3 Å². The summed E-state index contributed by atoms with van der Waals surface area (Å²) < 4.78 is 27.3. The average Bonchev–Trinajstić information content (AvgIpc) is 3.21. The number of rotatable bonds is 8. The van der Waals surface area contributed by atoms with Crippen LogP contribution in [-0.2, 0) is 23.1 Å². The molecule has 0 saturated heterocycles. The summed E-state index contributed by atoms with van der Waals surface area (Å²) in [7, 11) is -3.37. The van der Waals surface area contributed by atoms with E-state index in [0.717, 1.165) is 41.4 Å². The average molecular weight is 471 g/mol. The Bertz CT molecular complexity index is 1250. The monoisotopic (exact) mass is 470 g/mol. The summed E-state index contributed by atoms with van der Waals surface area (Å²) in [5.74, 6) is -0.242. The zero-order chi connectivity index (χ0) is 23.4. The lowest BCUT2D eigenvalue weighted by atomic mass is 9.95. The van der Waals surface area contributed by atoms with Gasteiger partial charge in [-0.2, -0.15) is 5.10 Å². The number of pyridine rings is 1. The van der Waals surface area contributed by atoms with E-state index >= 15 is 0 Å². The molecule has 3 N–H and O–H groups in total. The molecule has 33 heavy (non-hydrogen) atoms. The molecule has 10 heteroatoms. The van der Waals surface area contributed by atoms with E-state index in [0.29, 0.717) is 23.8 Å². The molecule has 3 aromatic rings. The lowest BCUT2D eigenvalue weighted by molar-refractivity contribution is 0.0951. The van der Waals surface area contributed by atoms with Gasteiger partial charge in [-0.25, -0.2) is 18.1 Å². The van der Waals surface area contributed by atoms with Crippen molar-refractivity contribution in [3.63, 3.8) is 0 Å². The first kappa shape index (κ1) is 23.0. The van der Waals surface area contributed by atoms with Gasteiger partial charge in [0.25, 0.3) is 5.91 Å². The van der Waals surface area contributed by atoms with Crippen LogP contribution in [0.2, 0.25) is 0 Å². The third-order valence-electron chi connectivity index (χ3n) is 5.85. The molecule has 1 aliphatic rings. The van der Waals surface area contributed by atoms with Crippen LogP contribution in [-0.4, -0.2) is 41.4 Å². The second-order valence-electron chi connectivity index (χ2n) is 8.48. The molecule has 4 rings (SSSR count). The smallest absolute Gasteiger partial charge is 0.255 e. The zero-order valence-electron chi connectivity index (χ0n) is 19.0. The fraction of sp³-hybridized carbons (Fsp3) is 0.435. The topological polar surface area (TPSA) is 118 Å². The minimum Gasteiger partial charge on any atom is -0.381 e. The van der Waals surface area contributed by atoms with Gasteiger partial charge in [-0.15, -0.1) is 0 Å². The Labute approximate surface area is 194 Å². The van der Waals surface area contributed by atoms with Gasteiger partial charge in [-0.3, -0.25) is 9.52 Å². The summed E-state index contributed by atoms with van der Waals surface area (Å²) in [4.78, 5) is 17.7. The second-order valence-corrected chi connectivity index (χ2v) is 10.2. The molecule has 0 unspecified atom stereocenters. The summed E-state index contributed by atoms with van der Waals surface area (Å²) >= 11 is 0. The van der Waals surface area contributed by atoms with Crippen LogP contribution in [0.25, 0.3) is 11.0 Å². The molecule has 1 aromatic carbocycles. The third-order valence-corrected chi connectivity index (χ3v) is 6.45. The third kappa shape index (κ3) is 5.62. The molecule has 0 aliphatic heterocycles. The lowest BCUT2D eigenvalue weighted by Gasteiger charge is -2.25. The SMILES string of the molecule is CCn1ncc2c(NC3CCCCC3)c(C(=O)NCc3cccc(NS(C)(=O)=O)c3)cnc21. The van der Waals surface area contributed by atoms with E-state index in [-0.39, 0.29) is 12.5 Å². The quantitative estimate of drug-likeness (QED) is 0.464. The highest BCUT2D eigenvalue weighted by Gasteiger charge is 2.21. The number of nitrogens with zero attached hydrogens (tertiary/aromatic N) is 3. The van der Waals surface area contributed by atoms with Crippen LogP contribution in [0.3, 0.4) is 0 Å². The van der Waals surface area contributed by atoms with Crippen molar-refractivity contribution in [3.8, 4) is 0 Å². The lowest BCUT2D eigenvalue weighted by Crippen LogP contribution is -2.27. The van der Waals surface area contributed by atoms with Crippen LogP contribution >= 0.6 is 0 Å². The molecule has 1 saturated carbocycles. The number of hydrogen-bond donors (Lipinski definition) is 3. The number of carbonyl (C=O) groups is 1. The van der Waals surface area contributed by atoms with Gasteiger partial charge in [-0.1, -0.05) is 31.4 Å². The predicted molar refractivity (Wildman–Crippen MR) is 130 cm³/mol. The van der Waals surface area contributed by atoms with Crippen LogP contribution in [0.5, 0.6) is 0 Å². The first-order valence-electron chi connectivity index (χ1n) is 11.3. The number of aromatic nitrogens is 3. The number of aryl methyl sites for hydroxylation is 1. The number of carbonyl (C=O) groups excluding carboxylic acids is 1. The summed E-state index contributed by atoms with van der Waals surface area (Å²) in [6.45, 7) is 2.96. The van der Waals surface area contributed by atoms with Crippen molar-refractivity contribution in [2.24, 2.45) is 0 Å². The molecule has 1 aliphatic carbocycles. The Morgan fingerprint density at radius 1 is 1.18 bits per heavy atom. The van der Waals surface area contributed by atoms with Crippen molar-refractivity contribution in [3.05, 3.63) is 47.8 Å². The second kappa shape index (κ2) is 9.78. The molecule has 0 radical (unpaired) electrons. The van der Waals surface area contributed by atoms with Crippen molar-refractivity contribution < 1.29 is 13.2 Å². The van der Waals surface area contributed by atoms with Gasteiger partial charge >= 0.3 is 0 Å². The maximum absolute atomic E-state index is 13.2. The number of fused-ring (bicyclic) bond motifs is 1. The number of amides is 1. The Hall–Kier alpha value is -3.14. The van der Waals surface area contributed by atoms with Gasteiger partial charge in [0.05, 0.1) is 29.1 Å². The van der Waals surface area contributed by atoms with E-state index in [1.165, 1.54) is 19.3 Å². The molecular formula is C23H30N6O3S. The highest BCUT2D eigenvalue weighted by Crippen LogP contribution is 2.30. The van der Waals surface area contributed by atoms with Crippen molar-refractivity contribution in [1.82, 2.24) is 20.1 Å². The van der Waals surface area contributed by atoms with Crippen LogP contribution < -0.4 is 15.4 Å². The maximum Gasteiger partial charge on any atom is 0.255 e. The van der Waals surface area contributed by atoms with Crippen molar-refractivity contribution in [2.45, 2.75) is 58.2 Å². The zero-order valence-corrected chi connectivity index (χ0v) is 19.8. The molecule has 9 nitrogen and oxygen atoms in total. The van der Waals surface area contributed by atoms with Crippen LogP contribution in [0.1, 0.15) is 54.9 Å². The van der Waals surface area contributed by atoms with E-state index < -0.39 is 10.0 Å². The van der Waals surface area contributed by atoms with Gasteiger partial charge in [0.2, 0.25) is 10.0 Å². The van der Waals surface area contributed by atoms with Crippen molar-refractivity contribution in [1.29, 1.82) is 0 Å². The first-order valence-corrected chi connectivity index (χ1v) is 13.2. The summed E-state index contributed by atoms with van der Waals surface area (Å²) in [5.41, 5.74) is 3.25. The number of nitrogens with one attached hydrogen (secondary N) is 3. The Morgan fingerprint density at radius 2 is 1.97 bits per heavy atom. The number of sulfonamides is 1. The summed E-state index contributed by atoms with van der Waals surface area (Å²) in [6, 6.07) is 7.27. The maximum atomic E-state index is 13.2. The molecular weight excluding hydrogens is 440 g/mol. The highest BCUT2D eigenvalue weighted by atomic mass is 32.2. The predicted octanol–water partition coefficient (Wildman–Crippen LogP) is 3.50. The highest BCUT2D eigenvalue weighted by molar-refractivity contribution is 7.92. The van der Waals surface area contributed by atoms with Crippen LogP contribution in [0.15, 0.2) is 36.7 Å². The largest absolute Gasteiger partial charge is 0.381 e. The van der Waals surface area contributed by atoms with Crippen LogP contribution in [0.4, 0.5) is 11.4 Å².